The maximum atomic E-state index is 13.2. The molecule has 5 nitrogen and oxygen atoms in total. The minimum absolute atomic E-state index is 0.0133. The molecule has 136 valence electrons. The molecule has 3 aromatic rings. The van der Waals surface area contributed by atoms with Gasteiger partial charge < -0.3 is 14.4 Å². The molecule has 27 heavy (non-hydrogen) atoms. The van der Waals surface area contributed by atoms with E-state index < -0.39 is 23.5 Å². The zero-order chi connectivity index (χ0) is 19.0. The first kappa shape index (κ1) is 17.2. The van der Waals surface area contributed by atoms with Crippen molar-refractivity contribution in [1.29, 1.82) is 0 Å². The number of nitrogens with zero attached hydrogens (tertiary/aromatic N) is 1. The number of hydrogen-bond acceptors (Lipinski definition) is 5. The molecule has 1 amide bonds. The summed E-state index contributed by atoms with van der Waals surface area (Å²) >= 11 is 1.38. The van der Waals surface area contributed by atoms with Crippen LogP contribution < -0.4 is 0 Å². The molecule has 1 fully saturated rings. The van der Waals surface area contributed by atoms with E-state index in [0.717, 1.165) is 4.88 Å². The van der Waals surface area contributed by atoms with Crippen molar-refractivity contribution in [3.63, 3.8) is 0 Å². The molecule has 1 N–H and O–H groups in total. The Balaban J connectivity index is 1.83. The Bertz CT molecular complexity index is 1010. The van der Waals surface area contributed by atoms with Gasteiger partial charge in [0.05, 0.1) is 18.4 Å². The van der Waals surface area contributed by atoms with Crippen LogP contribution in [0.5, 0.6) is 0 Å². The van der Waals surface area contributed by atoms with Crippen molar-refractivity contribution in [3.05, 3.63) is 87.8 Å². The molecular weight excluding hydrogens is 369 g/mol. The van der Waals surface area contributed by atoms with Crippen LogP contribution in [0.25, 0.3) is 5.76 Å². The first-order valence-corrected chi connectivity index (χ1v) is 9.04. The molecule has 1 atom stereocenters. The standard InChI is InChI=1S/C20H14FNO4S/c21-13-7-5-12(6-8-13)18(23)16-17(15-4-2-10-27-15)22(20(25)19(16)24)11-14-3-1-9-26-14/h1-10,17,23H,11H2/t17-/m0/s1. The topological polar surface area (TPSA) is 70.8 Å². The smallest absolute Gasteiger partial charge is 0.296 e. The van der Waals surface area contributed by atoms with Crippen LogP contribution in [0.15, 0.2) is 70.2 Å². The van der Waals surface area contributed by atoms with E-state index in [1.165, 1.54) is 46.8 Å². The van der Waals surface area contributed by atoms with Crippen LogP contribution in [0.3, 0.4) is 0 Å². The Morgan fingerprint density at radius 2 is 1.93 bits per heavy atom. The summed E-state index contributed by atoms with van der Waals surface area (Å²) in [7, 11) is 0. The van der Waals surface area contributed by atoms with Gasteiger partial charge in [-0.1, -0.05) is 6.07 Å². The summed E-state index contributed by atoms with van der Waals surface area (Å²) in [5.74, 6) is -1.75. The van der Waals surface area contributed by atoms with Crippen LogP contribution in [0.4, 0.5) is 4.39 Å². The highest BCUT2D eigenvalue weighted by atomic mass is 32.1. The summed E-state index contributed by atoms with van der Waals surface area (Å²) in [6, 6.07) is 11.4. The van der Waals surface area contributed by atoms with E-state index in [-0.39, 0.29) is 23.4 Å². The van der Waals surface area contributed by atoms with Gasteiger partial charge in [-0.15, -0.1) is 11.3 Å². The van der Waals surface area contributed by atoms with Crippen LogP contribution in [0, 0.1) is 5.82 Å². The van der Waals surface area contributed by atoms with Gasteiger partial charge in [-0.3, -0.25) is 9.59 Å². The SMILES string of the molecule is O=C1C(=O)N(Cc2ccco2)[C@@H](c2cccs2)C1=C(O)c1ccc(F)cc1. The quantitative estimate of drug-likeness (QED) is 0.418. The lowest BCUT2D eigenvalue weighted by Crippen LogP contribution is -2.28. The van der Waals surface area contributed by atoms with E-state index in [1.807, 2.05) is 11.4 Å². The number of halogens is 1. The average Bonchev–Trinajstić information content (AvgIpc) is 3.40. The zero-order valence-corrected chi connectivity index (χ0v) is 14.8. The molecule has 1 aromatic carbocycles. The summed E-state index contributed by atoms with van der Waals surface area (Å²) in [5, 5.41) is 12.6. The highest BCUT2D eigenvalue weighted by molar-refractivity contribution is 7.10. The van der Waals surface area contributed by atoms with Crippen LogP contribution >= 0.6 is 11.3 Å². The van der Waals surface area contributed by atoms with Gasteiger partial charge in [0, 0.05) is 10.4 Å². The van der Waals surface area contributed by atoms with E-state index in [1.54, 1.807) is 18.2 Å². The third-order valence-electron chi connectivity index (χ3n) is 4.38. The molecule has 1 aliphatic rings. The Kier molecular flexibility index (Phi) is 4.37. The largest absolute Gasteiger partial charge is 0.507 e. The number of thiophene rings is 1. The van der Waals surface area contributed by atoms with Crippen LogP contribution in [-0.2, 0) is 16.1 Å². The summed E-state index contributed by atoms with van der Waals surface area (Å²) in [5.41, 5.74) is 0.259. The predicted molar refractivity (Wildman–Crippen MR) is 97.3 cm³/mol. The molecule has 0 aliphatic carbocycles. The number of benzene rings is 1. The molecule has 2 aromatic heterocycles. The van der Waals surface area contributed by atoms with E-state index in [9.17, 15) is 19.1 Å². The highest BCUT2D eigenvalue weighted by Gasteiger charge is 2.46. The number of furan rings is 1. The van der Waals surface area contributed by atoms with E-state index in [0.29, 0.717) is 5.76 Å². The molecular formula is C20H14FNO4S. The van der Waals surface area contributed by atoms with Crippen molar-refractivity contribution in [2.24, 2.45) is 0 Å². The molecule has 0 unspecified atom stereocenters. The minimum Gasteiger partial charge on any atom is -0.507 e. The Labute approximate surface area is 158 Å². The number of carbonyl (C=O) groups excluding carboxylic acids is 2. The van der Waals surface area contributed by atoms with Crippen molar-refractivity contribution in [2.45, 2.75) is 12.6 Å². The minimum atomic E-state index is -0.776. The van der Waals surface area contributed by atoms with Gasteiger partial charge >= 0.3 is 0 Å². The number of amides is 1. The van der Waals surface area contributed by atoms with Gasteiger partial charge in [0.1, 0.15) is 23.4 Å². The Hall–Kier alpha value is -3.19. The first-order valence-electron chi connectivity index (χ1n) is 8.16. The van der Waals surface area contributed by atoms with Crippen LogP contribution in [0.1, 0.15) is 22.2 Å². The van der Waals surface area contributed by atoms with E-state index in [4.69, 9.17) is 4.42 Å². The summed E-state index contributed by atoms with van der Waals surface area (Å²) in [6.45, 7) is 0.0976. The maximum absolute atomic E-state index is 13.2. The van der Waals surface area contributed by atoms with Crippen LogP contribution in [0.2, 0.25) is 0 Å². The summed E-state index contributed by atoms with van der Waals surface area (Å²) in [4.78, 5) is 27.5. The molecule has 4 rings (SSSR count). The lowest BCUT2D eigenvalue weighted by molar-refractivity contribution is -0.140. The summed E-state index contributed by atoms with van der Waals surface area (Å²) < 4.78 is 18.5. The number of Topliss-reactive ketones (excluding diaryl/α,β-unsaturated/α-hetero) is 1. The van der Waals surface area contributed by atoms with Crippen molar-refractivity contribution in [3.8, 4) is 0 Å². The number of rotatable bonds is 4. The first-order chi connectivity index (χ1) is 13.1. The lowest BCUT2D eigenvalue weighted by atomic mass is 10.00. The van der Waals surface area contributed by atoms with Crippen molar-refractivity contribution >= 4 is 28.8 Å². The van der Waals surface area contributed by atoms with Crippen molar-refractivity contribution < 1.29 is 23.5 Å². The number of ketones is 1. The fourth-order valence-electron chi connectivity index (χ4n) is 3.12. The van der Waals surface area contributed by atoms with Crippen molar-refractivity contribution in [1.82, 2.24) is 4.90 Å². The number of hydrogen-bond donors (Lipinski definition) is 1. The van der Waals surface area contributed by atoms with Crippen LogP contribution in [-0.4, -0.2) is 21.7 Å². The number of carbonyl (C=O) groups is 2. The molecule has 0 spiro atoms. The second kappa shape index (κ2) is 6.85. The maximum Gasteiger partial charge on any atom is 0.296 e. The van der Waals surface area contributed by atoms with Gasteiger partial charge in [0.25, 0.3) is 11.7 Å². The van der Waals surface area contributed by atoms with E-state index >= 15 is 0 Å². The fourth-order valence-corrected chi connectivity index (χ4v) is 3.96. The Morgan fingerprint density at radius 3 is 2.56 bits per heavy atom. The van der Waals surface area contributed by atoms with Gasteiger partial charge in [0.15, 0.2) is 0 Å². The predicted octanol–water partition coefficient (Wildman–Crippen LogP) is 4.10. The summed E-state index contributed by atoms with van der Waals surface area (Å²) in [6.07, 6.45) is 1.49. The normalized spacial score (nSPS) is 19.0. The monoisotopic (exact) mass is 383 g/mol. The molecule has 3 heterocycles. The highest BCUT2D eigenvalue weighted by Crippen LogP contribution is 2.41. The van der Waals surface area contributed by atoms with E-state index in [2.05, 4.69) is 0 Å². The molecule has 7 heteroatoms. The van der Waals surface area contributed by atoms with Crippen molar-refractivity contribution in [2.75, 3.05) is 0 Å². The zero-order valence-electron chi connectivity index (χ0n) is 14.0. The third kappa shape index (κ3) is 3.06. The molecule has 1 aliphatic heterocycles. The molecule has 0 radical (unpaired) electrons. The number of likely N-dealkylation sites (tertiary alicyclic amines) is 1. The number of aliphatic hydroxyl groups is 1. The van der Waals surface area contributed by atoms with Gasteiger partial charge in [-0.2, -0.15) is 0 Å². The molecule has 0 bridgehead atoms. The molecule has 0 saturated carbocycles. The third-order valence-corrected chi connectivity index (χ3v) is 5.30. The second-order valence-electron chi connectivity index (χ2n) is 6.03. The fraction of sp³-hybridized carbons (Fsp3) is 0.100. The second-order valence-corrected chi connectivity index (χ2v) is 7.01. The Morgan fingerprint density at radius 1 is 1.15 bits per heavy atom. The average molecular weight is 383 g/mol. The van der Waals surface area contributed by atoms with Gasteiger partial charge in [-0.05, 0) is 47.8 Å². The van der Waals surface area contributed by atoms with Gasteiger partial charge in [0.2, 0.25) is 0 Å². The van der Waals surface area contributed by atoms with Gasteiger partial charge in [-0.25, -0.2) is 4.39 Å². The number of aliphatic hydroxyl groups excluding tert-OH is 1. The lowest BCUT2D eigenvalue weighted by Gasteiger charge is -2.23. The molecule has 1 saturated heterocycles.